The summed E-state index contributed by atoms with van der Waals surface area (Å²) in [5, 5.41) is 2.07. The van der Waals surface area contributed by atoms with Crippen LogP contribution in [0.25, 0.3) is 0 Å². The first-order valence-electron chi connectivity index (χ1n) is 4.67. The maximum atomic E-state index is 4.07. The van der Waals surface area contributed by atoms with Crippen LogP contribution in [0.2, 0.25) is 0 Å². The molecule has 1 aliphatic heterocycles. The van der Waals surface area contributed by atoms with Crippen molar-refractivity contribution >= 4 is 5.82 Å². The van der Waals surface area contributed by atoms with E-state index in [1.54, 1.807) is 6.20 Å². The van der Waals surface area contributed by atoms with Gasteiger partial charge in [0.05, 0.1) is 0 Å². The number of nitrogens with one attached hydrogen (secondary N) is 1. The van der Waals surface area contributed by atoms with Gasteiger partial charge in [-0.2, -0.15) is 0 Å². The number of anilines is 1. The van der Waals surface area contributed by atoms with E-state index in [1.807, 2.05) is 6.07 Å². The number of nitrogens with zero attached hydrogens (tertiary/aromatic N) is 3. The van der Waals surface area contributed by atoms with Gasteiger partial charge in [0.25, 0.3) is 0 Å². The first kappa shape index (κ1) is 8.44. The van der Waals surface area contributed by atoms with Crippen LogP contribution >= 0.6 is 0 Å². The van der Waals surface area contributed by atoms with Crippen LogP contribution in [-0.4, -0.2) is 23.1 Å². The van der Waals surface area contributed by atoms with Crippen molar-refractivity contribution in [2.24, 2.45) is 0 Å². The smallest absolute Gasteiger partial charge is 0.199 e. The van der Waals surface area contributed by atoms with E-state index in [4.69, 9.17) is 0 Å². The second kappa shape index (κ2) is 4.18. The maximum absolute atomic E-state index is 4.07. The average molecular weight is 177 g/mol. The van der Waals surface area contributed by atoms with Crippen LogP contribution in [-0.2, 0) is 0 Å². The predicted octanol–water partition coefficient (Wildman–Crippen LogP) is 0.772. The van der Waals surface area contributed by atoms with Crippen molar-refractivity contribution in [3.8, 4) is 0 Å². The quantitative estimate of drug-likeness (QED) is 0.688. The Bertz CT molecular complexity index is 241. The van der Waals surface area contributed by atoms with E-state index in [0.717, 1.165) is 18.9 Å². The molecule has 4 nitrogen and oxygen atoms in total. The molecule has 0 amide bonds. The van der Waals surface area contributed by atoms with Gasteiger partial charge in [-0.25, -0.2) is 15.4 Å². The lowest BCUT2D eigenvalue weighted by Gasteiger charge is -2.21. The molecule has 13 heavy (non-hydrogen) atoms. The third kappa shape index (κ3) is 2.15. The Morgan fingerprint density at radius 3 is 3.23 bits per heavy atom. The molecule has 0 atom stereocenters. The predicted molar refractivity (Wildman–Crippen MR) is 50.1 cm³/mol. The van der Waals surface area contributed by atoms with Crippen LogP contribution in [0.1, 0.15) is 19.3 Å². The van der Waals surface area contributed by atoms with E-state index >= 15 is 0 Å². The summed E-state index contributed by atoms with van der Waals surface area (Å²) in [6, 6.07) is 1.90. The van der Waals surface area contributed by atoms with Gasteiger partial charge in [0, 0.05) is 25.4 Å². The molecule has 69 valence electrons. The summed E-state index contributed by atoms with van der Waals surface area (Å²) in [4.78, 5) is 7.84. The number of hydrazine groups is 1. The van der Waals surface area contributed by atoms with Crippen molar-refractivity contribution in [2.45, 2.75) is 19.3 Å². The summed E-state index contributed by atoms with van der Waals surface area (Å²) in [7, 11) is 0. The largest absolute Gasteiger partial charge is 0.292 e. The Morgan fingerprint density at radius 2 is 2.38 bits per heavy atom. The van der Waals surface area contributed by atoms with Gasteiger partial charge in [-0.15, -0.1) is 0 Å². The van der Waals surface area contributed by atoms with E-state index in [2.05, 4.69) is 26.7 Å². The summed E-state index contributed by atoms with van der Waals surface area (Å²) in [6.45, 7) is 2.05. The number of hydrogen-bond donors (Lipinski definition) is 1. The van der Waals surface area contributed by atoms with Crippen LogP contribution in [0.3, 0.4) is 0 Å². The van der Waals surface area contributed by atoms with Crippen molar-refractivity contribution in [3.63, 3.8) is 0 Å². The molecular formula is C9H13N4. The molecule has 0 unspecified atom stereocenters. The Hall–Kier alpha value is -1.16. The molecule has 1 N–H and O–H groups in total. The molecule has 2 heterocycles. The lowest BCUT2D eigenvalue weighted by Crippen LogP contribution is -2.38. The van der Waals surface area contributed by atoms with E-state index < -0.39 is 0 Å². The van der Waals surface area contributed by atoms with Crippen LogP contribution in [0.4, 0.5) is 5.82 Å². The highest BCUT2D eigenvalue weighted by Crippen LogP contribution is 2.09. The molecule has 4 heteroatoms. The normalized spacial score (nSPS) is 18.3. The van der Waals surface area contributed by atoms with Gasteiger partial charge < -0.3 is 0 Å². The van der Waals surface area contributed by atoms with E-state index in [-0.39, 0.29) is 0 Å². The highest BCUT2D eigenvalue weighted by Gasteiger charge is 2.09. The molecule has 0 aliphatic carbocycles. The lowest BCUT2D eigenvalue weighted by molar-refractivity contribution is 0.651. The van der Waals surface area contributed by atoms with Crippen LogP contribution < -0.4 is 10.4 Å². The molecule has 0 bridgehead atoms. The van der Waals surface area contributed by atoms with E-state index in [9.17, 15) is 0 Å². The molecule has 1 aromatic heterocycles. The zero-order valence-corrected chi connectivity index (χ0v) is 7.53. The fourth-order valence-corrected chi connectivity index (χ4v) is 1.47. The Labute approximate surface area is 78.0 Å². The molecular weight excluding hydrogens is 164 g/mol. The highest BCUT2D eigenvalue weighted by molar-refractivity contribution is 5.34. The fraction of sp³-hybridized carbons (Fsp3) is 0.556. The summed E-state index contributed by atoms with van der Waals surface area (Å²) in [5.41, 5.74) is 3.32. The van der Waals surface area contributed by atoms with Gasteiger partial charge in [-0.05, 0) is 12.8 Å². The van der Waals surface area contributed by atoms with Gasteiger partial charge in [0.2, 0.25) is 0 Å². The number of hydrogen-bond acceptors (Lipinski definition) is 4. The second-order valence-corrected chi connectivity index (χ2v) is 3.14. The number of rotatable bonds is 1. The standard InChI is InChI=1S/C9H13N4/c1-2-5-12-13(7-3-1)9-4-6-10-8-11-9/h4,6,12H,1-3,5,7H2. The minimum Gasteiger partial charge on any atom is -0.292 e. The molecule has 1 aliphatic rings. The SMILES string of the molecule is [c]1nccc(N2CCCCCN2)n1. The molecule has 0 aromatic carbocycles. The van der Waals surface area contributed by atoms with Gasteiger partial charge in [-0.1, -0.05) is 6.42 Å². The Balaban J connectivity index is 2.06. The van der Waals surface area contributed by atoms with Gasteiger partial charge in [0.1, 0.15) is 5.82 Å². The molecule has 1 radical (unpaired) electrons. The third-order valence-corrected chi connectivity index (χ3v) is 2.16. The zero-order chi connectivity index (χ0) is 8.93. The van der Waals surface area contributed by atoms with Crippen molar-refractivity contribution < 1.29 is 0 Å². The first-order chi connectivity index (χ1) is 6.47. The van der Waals surface area contributed by atoms with Gasteiger partial charge >= 0.3 is 0 Å². The Kier molecular flexibility index (Phi) is 2.72. The topological polar surface area (TPSA) is 41.1 Å². The summed E-state index contributed by atoms with van der Waals surface area (Å²) in [6.07, 6.45) is 8.06. The van der Waals surface area contributed by atoms with Crippen molar-refractivity contribution in [2.75, 3.05) is 18.1 Å². The lowest BCUT2D eigenvalue weighted by atomic mass is 10.2. The molecule has 1 saturated heterocycles. The molecule has 1 fully saturated rings. The first-order valence-corrected chi connectivity index (χ1v) is 4.67. The van der Waals surface area contributed by atoms with Crippen molar-refractivity contribution in [1.29, 1.82) is 0 Å². The Morgan fingerprint density at radius 1 is 1.38 bits per heavy atom. The average Bonchev–Trinajstić information content (AvgIpc) is 2.47. The molecule has 0 spiro atoms. The summed E-state index contributed by atoms with van der Waals surface area (Å²) in [5.74, 6) is 0.914. The minimum absolute atomic E-state index is 0.914. The maximum Gasteiger partial charge on any atom is 0.199 e. The molecule has 1 aromatic rings. The van der Waals surface area contributed by atoms with Crippen LogP contribution in [0.15, 0.2) is 12.3 Å². The van der Waals surface area contributed by atoms with E-state index in [0.29, 0.717) is 0 Å². The van der Waals surface area contributed by atoms with Gasteiger partial charge in [-0.3, -0.25) is 5.01 Å². The minimum atomic E-state index is 0.914. The molecule has 0 saturated carbocycles. The van der Waals surface area contributed by atoms with Crippen molar-refractivity contribution in [1.82, 2.24) is 15.4 Å². The van der Waals surface area contributed by atoms with Crippen LogP contribution in [0.5, 0.6) is 0 Å². The number of aromatic nitrogens is 2. The fourth-order valence-electron chi connectivity index (χ4n) is 1.47. The van der Waals surface area contributed by atoms with Crippen molar-refractivity contribution in [3.05, 3.63) is 18.6 Å². The summed E-state index contributed by atoms with van der Waals surface area (Å²) < 4.78 is 0. The zero-order valence-electron chi connectivity index (χ0n) is 7.53. The third-order valence-electron chi connectivity index (χ3n) is 2.16. The monoisotopic (exact) mass is 177 g/mol. The van der Waals surface area contributed by atoms with Gasteiger partial charge in [0.15, 0.2) is 6.33 Å². The summed E-state index contributed by atoms with van der Waals surface area (Å²) >= 11 is 0. The highest BCUT2D eigenvalue weighted by atomic mass is 15.5. The second-order valence-electron chi connectivity index (χ2n) is 3.14. The van der Waals surface area contributed by atoms with Crippen LogP contribution in [0, 0.1) is 6.33 Å². The van der Waals surface area contributed by atoms with E-state index in [1.165, 1.54) is 19.3 Å². The molecule has 2 rings (SSSR count).